The summed E-state index contributed by atoms with van der Waals surface area (Å²) in [7, 11) is 0. The van der Waals surface area contributed by atoms with Crippen LogP contribution in [0.4, 0.5) is 0 Å². The number of benzene rings is 2. The first-order valence-corrected chi connectivity index (χ1v) is 10.6. The predicted molar refractivity (Wildman–Crippen MR) is 120 cm³/mol. The van der Waals surface area contributed by atoms with Crippen molar-refractivity contribution in [1.29, 1.82) is 0 Å². The number of para-hydroxylation sites is 1. The fourth-order valence-corrected chi connectivity index (χ4v) is 3.16. The van der Waals surface area contributed by atoms with Crippen molar-refractivity contribution in [3.05, 3.63) is 64.7 Å². The van der Waals surface area contributed by atoms with E-state index in [1.54, 1.807) is 31.2 Å². The summed E-state index contributed by atoms with van der Waals surface area (Å²) < 4.78 is 5.92. The molecular weight excluding hydrogens is 402 g/mol. The SMILES string of the molecule is CCN(CC)CCOc1ccccc1CNC(=O)C(C)NC(=O)c1ccccc1Cl. The number of ether oxygens (including phenoxy) is 1. The second-order valence-corrected chi connectivity index (χ2v) is 7.28. The lowest BCUT2D eigenvalue weighted by molar-refractivity contribution is -0.122. The van der Waals surface area contributed by atoms with E-state index in [4.69, 9.17) is 16.3 Å². The van der Waals surface area contributed by atoms with E-state index in [1.165, 1.54) is 0 Å². The van der Waals surface area contributed by atoms with E-state index < -0.39 is 6.04 Å². The van der Waals surface area contributed by atoms with Gasteiger partial charge >= 0.3 is 0 Å². The third-order valence-electron chi connectivity index (χ3n) is 4.84. The maximum atomic E-state index is 12.5. The molecule has 2 N–H and O–H groups in total. The first kappa shape index (κ1) is 23.7. The molecule has 0 aliphatic carbocycles. The summed E-state index contributed by atoms with van der Waals surface area (Å²) in [6.45, 7) is 9.58. The van der Waals surface area contributed by atoms with Crippen molar-refractivity contribution in [2.75, 3.05) is 26.2 Å². The van der Waals surface area contributed by atoms with Gasteiger partial charge in [-0.15, -0.1) is 0 Å². The smallest absolute Gasteiger partial charge is 0.253 e. The van der Waals surface area contributed by atoms with Crippen molar-refractivity contribution in [2.45, 2.75) is 33.4 Å². The summed E-state index contributed by atoms with van der Waals surface area (Å²) in [5.74, 6) is 0.0782. The average molecular weight is 432 g/mol. The van der Waals surface area contributed by atoms with Crippen molar-refractivity contribution in [3.8, 4) is 5.75 Å². The van der Waals surface area contributed by atoms with Gasteiger partial charge in [-0.3, -0.25) is 9.59 Å². The van der Waals surface area contributed by atoms with Crippen LogP contribution in [-0.2, 0) is 11.3 Å². The van der Waals surface area contributed by atoms with Gasteiger partial charge in [0.05, 0.1) is 10.6 Å². The number of likely N-dealkylation sites (N-methyl/N-ethyl adjacent to an activating group) is 1. The van der Waals surface area contributed by atoms with Crippen LogP contribution in [0.3, 0.4) is 0 Å². The fourth-order valence-electron chi connectivity index (χ4n) is 2.94. The van der Waals surface area contributed by atoms with Crippen LogP contribution >= 0.6 is 11.6 Å². The van der Waals surface area contributed by atoms with Gasteiger partial charge in [0, 0.05) is 18.7 Å². The third-order valence-corrected chi connectivity index (χ3v) is 5.17. The summed E-state index contributed by atoms with van der Waals surface area (Å²) >= 11 is 6.04. The lowest BCUT2D eigenvalue weighted by Gasteiger charge is -2.19. The molecule has 0 aliphatic heterocycles. The van der Waals surface area contributed by atoms with Crippen LogP contribution in [0.1, 0.15) is 36.7 Å². The Bertz CT molecular complexity index is 840. The standard InChI is InChI=1S/C23H30ClN3O3/c1-4-27(5-2)14-15-30-21-13-9-6-10-18(21)16-25-22(28)17(3)26-23(29)19-11-7-8-12-20(19)24/h6-13,17H,4-5,14-16H2,1-3H3,(H,25,28)(H,26,29). The highest BCUT2D eigenvalue weighted by Crippen LogP contribution is 2.18. The molecule has 0 aromatic heterocycles. The Balaban J connectivity index is 1.88. The number of hydrogen-bond acceptors (Lipinski definition) is 4. The molecule has 7 heteroatoms. The lowest BCUT2D eigenvalue weighted by Crippen LogP contribution is -2.44. The van der Waals surface area contributed by atoms with E-state index in [9.17, 15) is 9.59 Å². The molecule has 0 fully saturated rings. The van der Waals surface area contributed by atoms with E-state index in [-0.39, 0.29) is 11.8 Å². The largest absolute Gasteiger partial charge is 0.492 e. The molecule has 2 rings (SSSR count). The Hall–Kier alpha value is -2.57. The Morgan fingerprint density at radius 3 is 2.43 bits per heavy atom. The number of nitrogens with one attached hydrogen (secondary N) is 2. The van der Waals surface area contributed by atoms with Gasteiger partial charge in [0.15, 0.2) is 0 Å². The van der Waals surface area contributed by atoms with Gasteiger partial charge in [0.2, 0.25) is 5.91 Å². The zero-order valence-corrected chi connectivity index (χ0v) is 18.5. The van der Waals surface area contributed by atoms with Crippen molar-refractivity contribution in [2.24, 2.45) is 0 Å². The zero-order chi connectivity index (χ0) is 21.9. The van der Waals surface area contributed by atoms with Crippen LogP contribution < -0.4 is 15.4 Å². The summed E-state index contributed by atoms with van der Waals surface area (Å²) in [5, 5.41) is 5.88. The van der Waals surface area contributed by atoms with Gasteiger partial charge in [-0.1, -0.05) is 55.8 Å². The first-order valence-electron chi connectivity index (χ1n) is 10.2. The monoisotopic (exact) mass is 431 g/mol. The van der Waals surface area contributed by atoms with Crippen molar-refractivity contribution in [1.82, 2.24) is 15.5 Å². The molecule has 0 bridgehead atoms. The minimum atomic E-state index is -0.704. The molecule has 2 amide bonds. The molecule has 0 radical (unpaired) electrons. The Kier molecular flexibility index (Phi) is 9.64. The molecule has 1 unspecified atom stereocenters. The normalized spacial score (nSPS) is 11.8. The average Bonchev–Trinajstić information content (AvgIpc) is 2.76. The highest BCUT2D eigenvalue weighted by atomic mass is 35.5. The minimum Gasteiger partial charge on any atom is -0.492 e. The van der Waals surface area contributed by atoms with E-state index >= 15 is 0 Å². The van der Waals surface area contributed by atoms with Gasteiger partial charge in [-0.05, 0) is 38.2 Å². The number of amides is 2. The number of rotatable bonds is 11. The summed E-state index contributed by atoms with van der Waals surface area (Å²) in [4.78, 5) is 27.1. The molecule has 6 nitrogen and oxygen atoms in total. The Morgan fingerprint density at radius 1 is 1.07 bits per heavy atom. The van der Waals surface area contributed by atoms with Gasteiger partial charge < -0.3 is 20.3 Å². The number of hydrogen-bond donors (Lipinski definition) is 2. The number of carbonyl (C=O) groups excluding carboxylic acids is 2. The van der Waals surface area contributed by atoms with Crippen LogP contribution in [0.25, 0.3) is 0 Å². The highest BCUT2D eigenvalue weighted by Gasteiger charge is 2.18. The molecule has 162 valence electrons. The van der Waals surface area contributed by atoms with Crippen LogP contribution in [0.5, 0.6) is 5.75 Å². The van der Waals surface area contributed by atoms with Crippen LogP contribution in [0.15, 0.2) is 48.5 Å². The predicted octanol–water partition coefficient (Wildman–Crippen LogP) is 3.50. The molecule has 0 saturated carbocycles. The maximum Gasteiger partial charge on any atom is 0.253 e. The van der Waals surface area contributed by atoms with Crippen molar-refractivity contribution >= 4 is 23.4 Å². The summed E-state index contributed by atoms with van der Waals surface area (Å²) in [5.41, 5.74) is 1.22. The summed E-state index contributed by atoms with van der Waals surface area (Å²) in [6.07, 6.45) is 0. The maximum absolute atomic E-state index is 12.5. The van der Waals surface area contributed by atoms with Gasteiger partial charge in [0.25, 0.3) is 5.91 Å². The van der Waals surface area contributed by atoms with E-state index in [2.05, 4.69) is 29.4 Å². The van der Waals surface area contributed by atoms with Gasteiger partial charge in [0.1, 0.15) is 18.4 Å². The van der Waals surface area contributed by atoms with E-state index in [0.29, 0.717) is 23.7 Å². The van der Waals surface area contributed by atoms with Gasteiger partial charge in [-0.25, -0.2) is 0 Å². The Morgan fingerprint density at radius 2 is 1.73 bits per heavy atom. The zero-order valence-electron chi connectivity index (χ0n) is 17.8. The molecule has 0 aliphatic rings. The molecule has 2 aromatic rings. The van der Waals surface area contributed by atoms with E-state index in [1.807, 2.05) is 24.3 Å². The minimum absolute atomic E-state index is 0.284. The van der Waals surface area contributed by atoms with Crippen molar-refractivity contribution < 1.29 is 14.3 Å². The van der Waals surface area contributed by atoms with Crippen LogP contribution in [-0.4, -0.2) is 49.0 Å². The first-order chi connectivity index (χ1) is 14.5. The molecule has 30 heavy (non-hydrogen) atoms. The quantitative estimate of drug-likeness (QED) is 0.571. The lowest BCUT2D eigenvalue weighted by atomic mass is 10.2. The van der Waals surface area contributed by atoms with Gasteiger partial charge in [-0.2, -0.15) is 0 Å². The van der Waals surface area contributed by atoms with E-state index in [0.717, 1.165) is 30.9 Å². The highest BCUT2D eigenvalue weighted by molar-refractivity contribution is 6.33. The molecule has 0 spiro atoms. The molecule has 1 atom stereocenters. The second-order valence-electron chi connectivity index (χ2n) is 6.88. The molecular formula is C23H30ClN3O3. The van der Waals surface area contributed by atoms with Crippen LogP contribution in [0, 0.1) is 0 Å². The topological polar surface area (TPSA) is 70.7 Å². The summed E-state index contributed by atoms with van der Waals surface area (Å²) in [6, 6.07) is 13.6. The second kappa shape index (κ2) is 12.2. The Labute approximate surface area is 183 Å². The van der Waals surface area contributed by atoms with Crippen molar-refractivity contribution in [3.63, 3.8) is 0 Å². The number of carbonyl (C=O) groups is 2. The molecule has 0 heterocycles. The molecule has 2 aromatic carbocycles. The fraction of sp³-hybridized carbons (Fsp3) is 0.391. The van der Waals surface area contributed by atoms with Crippen LogP contribution in [0.2, 0.25) is 5.02 Å². The number of halogens is 1. The third kappa shape index (κ3) is 7.04. The number of nitrogens with zero attached hydrogens (tertiary/aromatic N) is 1. The molecule has 0 saturated heterocycles.